The Morgan fingerprint density at radius 2 is 2.00 bits per heavy atom. The molecule has 130 valence electrons. The van der Waals surface area contributed by atoms with Gasteiger partial charge in [0.25, 0.3) is 0 Å². The van der Waals surface area contributed by atoms with E-state index in [4.69, 9.17) is 4.74 Å². The number of nitrogens with one attached hydrogen (secondary N) is 2. The van der Waals surface area contributed by atoms with Gasteiger partial charge in [-0.3, -0.25) is 4.79 Å². The van der Waals surface area contributed by atoms with Crippen LogP contribution < -0.4 is 20.3 Å². The minimum absolute atomic E-state index is 0.0124. The number of hydrogen-bond acceptors (Lipinski definition) is 3. The molecule has 2 aromatic carbocycles. The Balaban J connectivity index is 1.54. The third-order valence-electron chi connectivity index (χ3n) is 4.12. The van der Waals surface area contributed by atoms with Crippen molar-refractivity contribution in [2.75, 3.05) is 18.6 Å². The van der Waals surface area contributed by atoms with Crippen molar-refractivity contribution >= 4 is 17.6 Å². The van der Waals surface area contributed by atoms with Gasteiger partial charge in [-0.2, -0.15) is 0 Å². The van der Waals surface area contributed by atoms with Gasteiger partial charge in [0.2, 0.25) is 5.91 Å². The Labute approximate surface area is 146 Å². The number of hydrogen-bond donors (Lipinski definition) is 2. The van der Waals surface area contributed by atoms with Gasteiger partial charge in [-0.15, -0.1) is 0 Å². The number of urea groups is 1. The lowest BCUT2D eigenvalue weighted by atomic mass is 10.2. The van der Waals surface area contributed by atoms with Crippen LogP contribution in [0.1, 0.15) is 12.0 Å². The van der Waals surface area contributed by atoms with E-state index in [9.17, 15) is 9.59 Å². The molecule has 2 aromatic rings. The first-order valence-corrected chi connectivity index (χ1v) is 8.18. The highest BCUT2D eigenvalue weighted by molar-refractivity contribution is 5.97. The molecule has 0 aliphatic carbocycles. The van der Waals surface area contributed by atoms with Gasteiger partial charge in [-0.1, -0.05) is 36.4 Å². The number of methoxy groups -OCH3 is 1. The second-order valence-electron chi connectivity index (χ2n) is 5.92. The van der Waals surface area contributed by atoms with E-state index < -0.39 is 0 Å². The standard InChI is InChI=1S/C19H21N3O3/c1-25-17-9-5-8-16(11-17)22-13-15(10-18(22)23)21-19(24)20-12-14-6-3-2-4-7-14/h2-9,11,15H,10,12-13H2,1H3,(H2,20,21,24). The van der Waals surface area contributed by atoms with Gasteiger partial charge in [-0.05, 0) is 17.7 Å². The van der Waals surface area contributed by atoms with Gasteiger partial charge >= 0.3 is 6.03 Å². The SMILES string of the molecule is COc1cccc(N2CC(NC(=O)NCc3ccccc3)CC2=O)c1. The van der Waals surface area contributed by atoms with Crippen LogP contribution in [-0.4, -0.2) is 31.6 Å². The molecule has 1 aliphatic heterocycles. The molecule has 1 heterocycles. The van der Waals surface area contributed by atoms with E-state index in [1.54, 1.807) is 12.0 Å². The Morgan fingerprint density at radius 3 is 2.76 bits per heavy atom. The summed E-state index contributed by atoms with van der Waals surface area (Å²) in [6, 6.07) is 16.5. The van der Waals surface area contributed by atoms with E-state index in [1.807, 2.05) is 54.6 Å². The van der Waals surface area contributed by atoms with Crippen molar-refractivity contribution in [1.82, 2.24) is 10.6 Å². The molecule has 3 rings (SSSR count). The van der Waals surface area contributed by atoms with Crippen LogP contribution in [-0.2, 0) is 11.3 Å². The predicted octanol–water partition coefficient (Wildman–Crippen LogP) is 2.30. The van der Waals surface area contributed by atoms with Crippen molar-refractivity contribution in [3.63, 3.8) is 0 Å². The lowest BCUT2D eigenvalue weighted by Crippen LogP contribution is -2.43. The number of amides is 3. The first kappa shape index (κ1) is 16.8. The average Bonchev–Trinajstić information content (AvgIpc) is 3.01. The Hall–Kier alpha value is -3.02. The molecule has 3 amide bonds. The van der Waals surface area contributed by atoms with Crippen LogP contribution in [0.3, 0.4) is 0 Å². The molecule has 1 fully saturated rings. The first-order chi connectivity index (χ1) is 12.2. The molecular weight excluding hydrogens is 318 g/mol. The molecule has 1 aliphatic rings. The zero-order valence-electron chi connectivity index (χ0n) is 14.1. The van der Waals surface area contributed by atoms with Gasteiger partial charge in [0, 0.05) is 31.3 Å². The summed E-state index contributed by atoms with van der Waals surface area (Å²) in [6.45, 7) is 0.900. The first-order valence-electron chi connectivity index (χ1n) is 8.18. The molecular formula is C19H21N3O3. The second-order valence-corrected chi connectivity index (χ2v) is 5.92. The fraction of sp³-hybridized carbons (Fsp3) is 0.263. The summed E-state index contributed by atoms with van der Waals surface area (Å²) in [5, 5.41) is 5.68. The van der Waals surface area contributed by atoms with Crippen molar-refractivity contribution in [3.05, 3.63) is 60.2 Å². The van der Waals surface area contributed by atoms with Gasteiger partial charge in [0.15, 0.2) is 0 Å². The van der Waals surface area contributed by atoms with Gasteiger partial charge < -0.3 is 20.3 Å². The maximum absolute atomic E-state index is 12.3. The summed E-state index contributed by atoms with van der Waals surface area (Å²) in [4.78, 5) is 26.0. The Bertz CT molecular complexity index is 749. The fourth-order valence-electron chi connectivity index (χ4n) is 2.85. The van der Waals surface area contributed by atoms with Crippen molar-refractivity contribution < 1.29 is 14.3 Å². The zero-order valence-corrected chi connectivity index (χ0v) is 14.1. The molecule has 0 saturated carbocycles. The summed E-state index contributed by atoms with van der Waals surface area (Å²) in [6.07, 6.45) is 0.288. The zero-order chi connectivity index (χ0) is 17.6. The number of carbonyl (C=O) groups excluding carboxylic acids is 2. The van der Waals surface area contributed by atoms with Crippen LogP contribution in [0.5, 0.6) is 5.75 Å². The highest BCUT2D eigenvalue weighted by atomic mass is 16.5. The molecule has 0 spiro atoms. The molecule has 2 N–H and O–H groups in total. The van der Waals surface area contributed by atoms with Gasteiger partial charge in [0.1, 0.15) is 5.75 Å². The average molecular weight is 339 g/mol. The van der Waals surface area contributed by atoms with Crippen LogP contribution >= 0.6 is 0 Å². The number of nitrogens with zero attached hydrogens (tertiary/aromatic N) is 1. The third kappa shape index (κ3) is 4.29. The van der Waals surface area contributed by atoms with Gasteiger partial charge in [0.05, 0.1) is 13.2 Å². The number of anilines is 1. The predicted molar refractivity (Wildman–Crippen MR) is 95.6 cm³/mol. The Kier molecular flexibility index (Phi) is 5.18. The maximum atomic E-state index is 12.3. The van der Waals surface area contributed by atoms with Crippen molar-refractivity contribution in [2.45, 2.75) is 19.0 Å². The molecule has 1 atom stereocenters. The van der Waals surface area contributed by atoms with Crippen molar-refractivity contribution in [2.24, 2.45) is 0 Å². The van der Waals surface area contributed by atoms with Crippen molar-refractivity contribution in [1.29, 1.82) is 0 Å². The topological polar surface area (TPSA) is 70.7 Å². The minimum Gasteiger partial charge on any atom is -0.497 e. The normalized spacial score (nSPS) is 16.6. The quantitative estimate of drug-likeness (QED) is 0.878. The third-order valence-corrected chi connectivity index (χ3v) is 4.12. The van der Waals surface area contributed by atoms with E-state index in [0.29, 0.717) is 18.8 Å². The van der Waals surface area contributed by atoms with Crippen LogP contribution in [0.15, 0.2) is 54.6 Å². The second kappa shape index (κ2) is 7.70. The minimum atomic E-state index is -0.269. The molecule has 6 nitrogen and oxygen atoms in total. The monoisotopic (exact) mass is 339 g/mol. The maximum Gasteiger partial charge on any atom is 0.315 e. The van der Waals surface area contributed by atoms with Crippen LogP contribution in [0.4, 0.5) is 10.5 Å². The number of carbonyl (C=O) groups is 2. The fourth-order valence-corrected chi connectivity index (χ4v) is 2.85. The highest BCUT2D eigenvalue weighted by Crippen LogP contribution is 2.25. The lowest BCUT2D eigenvalue weighted by Gasteiger charge is -2.18. The molecule has 1 saturated heterocycles. The van der Waals surface area contributed by atoms with E-state index in [0.717, 1.165) is 11.3 Å². The Morgan fingerprint density at radius 1 is 1.20 bits per heavy atom. The van der Waals surface area contributed by atoms with Crippen LogP contribution in [0.2, 0.25) is 0 Å². The van der Waals surface area contributed by atoms with Crippen LogP contribution in [0.25, 0.3) is 0 Å². The molecule has 0 radical (unpaired) electrons. The molecule has 1 unspecified atom stereocenters. The van der Waals surface area contributed by atoms with E-state index >= 15 is 0 Å². The van der Waals surface area contributed by atoms with Crippen molar-refractivity contribution in [3.8, 4) is 5.75 Å². The smallest absolute Gasteiger partial charge is 0.315 e. The number of rotatable bonds is 5. The summed E-state index contributed by atoms with van der Waals surface area (Å²) in [7, 11) is 1.59. The van der Waals surface area contributed by atoms with E-state index in [-0.39, 0.29) is 24.4 Å². The summed E-state index contributed by atoms with van der Waals surface area (Å²) in [5.74, 6) is 0.684. The highest BCUT2D eigenvalue weighted by Gasteiger charge is 2.31. The molecule has 0 bridgehead atoms. The van der Waals surface area contributed by atoms with E-state index in [2.05, 4.69) is 10.6 Å². The summed E-state index contributed by atoms with van der Waals surface area (Å²) >= 11 is 0. The molecule has 25 heavy (non-hydrogen) atoms. The largest absolute Gasteiger partial charge is 0.497 e. The summed E-state index contributed by atoms with van der Waals surface area (Å²) < 4.78 is 5.20. The van der Waals surface area contributed by atoms with Crippen LogP contribution in [0, 0.1) is 0 Å². The van der Waals surface area contributed by atoms with Gasteiger partial charge in [-0.25, -0.2) is 4.79 Å². The molecule has 6 heteroatoms. The molecule has 0 aromatic heterocycles. The number of benzene rings is 2. The number of ether oxygens (including phenoxy) is 1. The lowest BCUT2D eigenvalue weighted by molar-refractivity contribution is -0.117. The summed E-state index contributed by atoms with van der Waals surface area (Å²) in [5.41, 5.74) is 1.80. The van der Waals surface area contributed by atoms with E-state index in [1.165, 1.54) is 0 Å².